The first-order chi connectivity index (χ1) is 11.4. The van der Waals surface area contributed by atoms with Crippen molar-refractivity contribution in [2.45, 2.75) is 38.5 Å². The van der Waals surface area contributed by atoms with E-state index in [-0.39, 0.29) is 22.7 Å². The summed E-state index contributed by atoms with van der Waals surface area (Å²) >= 11 is 0. The van der Waals surface area contributed by atoms with E-state index in [1.54, 1.807) is 20.8 Å². The quantitative estimate of drug-likeness (QED) is 0.847. The van der Waals surface area contributed by atoms with Gasteiger partial charge in [0.05, 0.1) is 10.6 Å². The molecule has 1 unspecified atom stereocenters. The molecular formula is C16H20F2N2O4S. The fourth-order valence-electron chi connectivity index (χ4n) is 2.58. The zero-order valence-electron chi connectivity index (χ0n) is 14.1. The van der Waals surface area contributed by atoms with Crippen LogP contribution in [0.4, 0.5) is 20.2 Å². The summed E-state index contributed by atoms with van der Waals surface area (Å²) < 4.78 is 50.4. The van der Waals surface area contributed by atoms with Crippen molar-refractivity contribution in [2.75, 3.05) is 16.4 Å². The van der Waals surface area contributed by atoms with Gasteiger partial charge in [0.2, 0.25) is 18.2 Å². The van der Waals surface area contributed by atoms with Crippen LogP contribution in [0, 0.1) is 11.3 Å². The molecule has 0 saturated heterocycles. The molecule has 0 spiro atoms. The maximum absolute atomic E-state index is 13.2. The lowest BCUT2D eigenvalue weighted by atomic mass is 9.79. The molecule has 1 aliphatic rings. The number of benzene rings is 1. The van der Waals surface area contributed by atoms with Gasteiger partial charge in [0, 0.05) is 18.0 Å². The van der Waals surface area contributed by atoms with Gasteiger partial charge in [-0.2, -0.15) is 0 Å². The Morgan fingerprint density at radius 1 is 1.32 bits per heavy atom. The van der Waals surface area contributed by atoms with Gasteiger partial charge in [-0.3, -0.25) is 9.59 Å². The lowest BCUT2D eigenvalue weighted by molar-refractivity contribution is -0.120. The van der Waals surface area contributed by atoms with Gasteiger partial charge in [0.1, 0.15) is 5.75 Å². The van der Waals surface area contributed by atoms with Crippen LogP contribution in [0.1, 0.15) is 27.2 Å². The van der Waals surface area contributed by atoms with Gasteiger partial charge in [-0.1, -0.05) is 20.8 Å². The van der Waals surface area contributed by atoms with Crippen LogP contribution in [0.15, 0.2) is 23.1 Å². The van der Waals surface area contributed by atoms with Crippen LogP contribution in [0.5, 0.6) is 0 Å². The molecule has 1 aromatic carbocycles. The van der Waals surface area contributed by atoms with E-state index >= 15 is 0 Å². The Labute approximate surface area is 144 Å². The third-order valence-electron chi connectivity index (χ3n) is 4.02. The number of carbonyl (C=O) groups excluding carboxylic acids is 2. The smallest absolute Gasteiger partial charge is 0.242 e. The number of amides is 2. The first kappa shape index (κ1) is 19.3. The van der Waals surface area contributed by atoms with E-state index in [4.69, 9.17) is 0 Å². The lowest BCUT2D eigenvalue weighted by Gasteiger charge is -2.29. The van der Waals surface area contributed by atoms with E-state index in [2.05, 4.69) is 10.6 Å². The summed E-state index contributed by atoms with van der Waals surface area (Å²) in [5, 5.41) is 4.88. The number of nitrogens with one attached hydrogen (secondary N) is 2. The number of anilines is 2. The molecule has 2 N–H and O–H groups in total. The molecule has 0 radical (unpaired) electrons. The normalized spacial score (nSPS) is 17.6. The fraction of sp³-hybridized carbons (Fsp3) is 0.500. The van der Waals surface area contributed by atoms with E-state index < -0.39 is 45.2 Å². The van der Waals surface area contributed by atoms with Gasteiger partial charge >= 0.3 is 0 Å². The maximum atomic E-state index is 13.2. The van der Waals surface area contributed by atoms with Crippen LogP contribution in [0.2, 0.25) is 0 Å². The van der Waals surface area contributed by atoms with Gasteiger partial charge in [0.25, 0.3) is 0 Å². The molecule has 0 fully saturated rings. The zero-order chi connectivity index (χ0) is 19.0. The lowest BCUT2D eigenvalue weighted by Crippen LogP contribution is -2.31. The Kier molecular flexibility index (Phi) is 5.17. The molecule has 0 aromatic heterocycles. The van der Waals surface area contributed by atoms with Crippen LogP contribution in [0.25, 0.3) is 0 Å². The molecule has 1 atom stereocenters. The predicted molar refractivity (Wildman–Crippen MR) is 89.3 cm³/mol. The molecule has 25 heavy (non-hydrogen) atoms. The van der Waals surface area contributed by atoms with Crippen molar-refractivity contribution in [2.24, 2.45) is 11.3 Å². The number of fused-ring (bicyclic) bond motifs is 1. The molecule has 2 rings (SSSR count). The largest absolute Gasteiger partial charge is 0.326 e. The van der Waals surface area contributed by atoms with Crippen molar-refractivity contribution in [3.8, 4) is 0 Å². The van der Waals surface area contributed by atoms with E-state index in [1.165, 1.54) is 18.2 Å². The van der Waals surface area contributed by atoms with E-state index in [0.717, 1.165) is 0 Å². The summed E-state index contributed by atoms with van der Waals surface area (Å²) in [5.74, 6) is -3.06. The average Bonchev–Trinajstić information content (AvgIpc) is 2.43. The Morgan fingerprint density at radius 2 is 1.96 bits per heavy atom. The average molecular weight is 374 g/mol. The summed E-state index contributed by atoms with van der Waals surface area (Å²) in [6, 6.07) is 3.98. The molecule has 1 aromatic rings. The highest BCUT2D eigenvalue weighted by molar-refractivity contribution is 7.92. The Balaban J connectivity index is 2.19. The number of sulfone groups is 1. The third kappa shape index (κ3) is 4.53. The zero-order valence-corrected chi connectivity index (χ0v) is 14.9. The number of alkyl halides is 2. The molecule has 138 valence electrons. The van der Waals surface area contributed by atoms with Crippen LogP contribution >= 0.6 is 0 Å². The first-order valence-corrected chi connectivity index (χ1v) is 9.30. The molecule has 1 aliphatic heterocycles. The van der Waals surface area contributed by atoms with E-state index in [0.29, 0.717) is 0 Å². The van der Waals surface area contributed by atoms with Crippen LogP contribution in [-0.4, -0.2) is 32.4 Å². The van der Waals surface area contributed by atoms with Crippen LogP contribution in [0.3, 0.4) is 0 Å². The molecule has 0 saturated carbocycles. The molecule has 0 bridgehead atoms. The highest BCUT2D eigenvalue weighted by atomic mass is 32.2. The first-order valence-electron chi connectivity index (χ1n) is 7.65. The van der Waals surface area contributed by atoms with Crippen molar-refractivity contribution in [1.82, 2.24) is 0 Å². The Bertz CT molecular complexity index is 801. The minimum atomic E-state index is -3.79. The Morgan fingerprint density at radius 3 is 2.52 bits per heavy atom. The van der Waals surface area contributed by atoms with E-state index in [1.807, 2.05) is 0 Å². The van der Waals surface area contributed by atoms with Gasteiger partial charge < -0.3 is 10.6 Å². The number of carbonyl (C=O) groups is 2. The highest BCUT2D eigenvalue weighted by Crippen LogP contribution is 2.34. The summed E-state index contributed by atoms with van der Waals surface area (Å²) in [4.78, 5) is 23.3. The second kappa shape index (κ2) is 6.70. The summed E-state index contributed by atoms with van der Waals surface area (Å²) in [7, 11) is -3.79. The number of rotatable bonds is 4. The van der Waals surface area contributed by atoms with Gasteiger partial charge in [0.15, 0.2) is 9.84 Å². The number of hydrogen-bond donors (Lipinski definition) is 2. The number of halogens is 2. The Hall–Kier alpha value is -2.03. The fourth-order valence-corrected chi connectivity index (χ4v) is 3.92. The van der Waals surface area contributed by atoms with Crippen molar-refractivity contribution >= 4 is 33.0 Å². The summed E-state index contributed by atoms with van der Waals surface area (Å²) in [5.41, 5.74) is -0.450. The molecular weight excluding hydrogens is 354 g/mol. The highest BCUT2D eigenvalue weighted by Gasteiger charge is 2.34. The molecule has 6 nitrogen and oxygen atoms in total. The third-order valence-corrected chi connectivity index (χ3v) is 5.67. The van der Waals surface area contributed by atoms with Crippen molar-refractivity contribution < 1.29 is 26.8 Å². The summed E-state index contributed by atoms with van der Waals surface area (Å²) in [6.07, 6.45) is -3.04. The summed E-state index contributed by atoms with van der Waals surface area (Å²) in [6.45, 7) is 4.89. The minimum Gasteiger partial charge on any atom is -0.326 e. The molecule has 2 amide bonds. The van der Waals surface area contributed by atoms with Crippen molar-refractivity contribution in [3.63, 3.8) is 0 Å². The van der Waals surface area contributed by atoms with Crippen LogP contribution in [-0.2, 0) is 19.4 Å². The topological polar surface area (TPSA) is 92.3 Å². The van der Waals surface area contributed by atoms with Crippen molar-refractivity contribution in [1.29, 1.82) is 0 Å². The van der Waals surface area contributed by atoms with E-state index in [9.17, 15) is 26.8 Å². The maximum Gasteiger partial charge on any atom is 0.242 e. The van der Waals surface area contributed by atoms with Gasteiger partial charge in [-0.15, -0.1) is 0 Å². The second-order valence-corrected chi connectivity index (χ2v) is 9.04. The minimum absolute atomic E-state index is 0.105. The predicted octanol–water partition coefficient (Wildman–Crippen LogP) is 2.67. The second-order valence-electron chi connectivity index (χ2n) is 7.08. The molecule has 1 heterocycles. The van der Waals surface area contributed by atoms with Gasteiger partial charge in [-0.05, 0) is 23.6 Å². The van der Waals surface area contributed by atoms with Crippen molar-refractivity contribution in [3.05, 3.63) is 18.2 Å². The monoisotopic (exact) mass is 374 g/mol. The molecule has 9 heteroatoms. The molecule has 0 aliphatic carbocycles. The standard InChI is InChI=1S/C16H20F2N2O4S/c1-16(2,3)10(15(17)18)7-13(21)19-9-4-5-11-12(6-9)25(23,24)8-14(22)20-11/h4-6,10,15H,7-8H2,1-3H3,(H,19,21)(H,20,22). The number of hydrogen-bond acceptors (Lipinski definition) is 4. The van der Waals surface area contributed by atoms with Gasteiger partial charge in [-0.25, -0.2) is 17.2 Å². The SMILES string of the molecule is CC(C)(C)C(CC(=O)Nc1ccc2c(c1)S(=O)(=O)CC(=O)N2)C(F)F. The van der Waals surface area contributed by atoms with Crippen LogP contribution < -0.4 is 10.6 Å².